The number of carbonyl (C=O) groups excluding carboxylic acids is 1. The van der Waals surface area contributed by atoms with Crippen molar-refractivity contribution in [1.82, 2.24) is 20.4 Å². The van der Waals surface area contributed by atoms with Crippen LogP contribution in [0.4, 0.5) is 0 Å². The minimum Gasteiger partial charge on any atom is -0.378 e. The number of carbonyl (C=O) groups is 1. The van der Waals surface area contributed by atoms with Crippen molar-refractivity contribution in [2.45, 2.75) is 63.6 Å². The van der Waals surface area contributed by atoms with Crippen molar-refractivity contribution in [1.29, 1.82) is 0 Å². The van der Waals surface area contributed by atoms with Gasteiger partial charge in [-0.25, -0.2) is 4.99 Å². The molecule has 0 unspecified atom stereocenters. The van der Waals surface area contributed by atoms with Crippen LogP contribution in [0.3, 0.4) is 0 Å². The first-order chi connectivity index (χ1) is 15.6. The number of hydrogen-bond acceptors (Lipinski definition) is 4. The van der Waals surface area contributed by atoms with Crippen LogP contribution in [0.1, 0.15) is 50.5 Å². The Hall–Kier alpha value is -2.12. The highest BCUT2D eigenvalue weighted by Gasteiger charge is 2.20. The topological polar surface area (TPSA) is 69.2 Å². The number of piperidine rings is 1. The van der Waals surface area contributed by atoms with Gasteiger partial charge in [0.1, 0.15) is 6.54 Å². The third-order valence-electron chi connectivity index (χ3n) is 6.32. The van der Waals surface area contributed by atoms with Crippen LogP contribution < -0.4 is 10.6 Å². The first-order valence-corrected chi connectivity index (χ1v) is 12.2. The average Bonchev–Trinajstić information content (AvgIpc) is 3.31. The van der Waals surface area contributed by atoms with Crippen LogP contribution >= 0.6 is 0 Å². The van der Waals surface area contributed by atoms with E-state index in [1.54, 1.807) is 19.0 Å². The summed E-state index contributed by atoms with van der Waals surface area (Å²) in [5.41, 5.74) is 1.38. The second-order valence-corrected chi connectivity index (χ2v) is 9.19. The van der Waals surface area contributed by atoms with Crippen LogP contribution in [0.15, 0.2) is 35.3 Å². The van der Waals surface area contributed by atoms with Crippen LogP contribution in [0.2, 0.25) is 0 Å². The van der Waals surface area contributed by atoms with Crippen molar-refractivity contribution in [2.24, 2.45) is 4.99 Å². The van der Waals surface area contributed by atoms with E-state index in [2.05, 4.69) is 50.9 Å². The Labute approximate surface area is 193 Å². The van der Waals surface area contributed by atoms with Crippen molar-refractivity contribution in [3.05, 3.63) is 35.9 Å². The highest BCUT2D eigenvalue weighted by molar-refractivity contribution is 5.84. The minimum atomic E-state index is 0.0134. The molecular formula is C25H41N5O2. The Kier molecular flexibility index (Phi) is 10.3. The molecular weight excluding hydrogens is 402 g/mol. The standard InChI is InChI=1S/C25H41N5O2/c1-29(2)24(31)19-27-25(28-22-11-6-7-12-22)26-15-8-18-32-23-13-16-30(17-14-23)20-21-9-4-3-5-10-21/h3-5,9-10,22-23H,6-8,11-20H2,1-2H3,(H2,26,27,28). The van der Waals surface area contributed by atoms with Crippen molar-refractivity contribution < 1.29 is 9.53 Å². The number of ether oxygens (including phenoxy) is 1. The minimum absolute atomic E-state index is 0.0134. The summed E-state index contributed by atoms with van der Waals surface area (Å²) < 4.78 is 6.14. The highest BCUT2D eigenvalue weighted by Crippen LogP contribution is 2.18. The van der Waals surface area contributed by atoms with E-state index in [1.807, 2.05) is 0 Å². The van der Waals surface area contributed by atoms with Gasteiger partial charge in [0.2, 0.25) is 5.91 Å². The zero-order valence-electron chi connectivity index (χ0n) is 19.9. The molecule has 1 aromatic carbocycles. The molecule has 0 bridgehead atoms. The van der Waals surface area contributed by atoms with E-state index in [0.29, 0.717) is 12.1 Å². The Morgan fingerprint density at radius 1 is 1.12 bits per heavy atom. The largest absolute Gasteiger partial charge is 0.378 e. The fourth-order valence-corrected chi connectivity index (χ4v) is 4.31. The van der Waals surface area contributed by atoms with Crippen LogP contribution in [0.5, 0.6) is 0 Å². The van der Waals surface area contributed by atoms with Gasteiger partial charge in [0.05, 0.1) is 6.10 Å². The van der Waals surface area contributed by atoms with Gasteiger partial charge in [-0.05, 0) is 37.7 Å². The summed E-state index contributed by atoms with van der Waals surface area (Å²) in [6.45, 7) is 4.95. The van der Waals surface area contributed by atoms with Crippen molar-refractivity contribution in [3.8, 4) is 0 Å². The molecule has 32 heavy (non-hydrogen) atoms. The third-order valence-corrected chi connectivity index (χ3v) is 6.32. The fraction of sp³-hybridized carbons (Fsp3) is 0.680. The van der Waals surface area contributed by atoms with Gasteiger partial charge in [-0.3, -0.25) is 9.69 Å². The smallest absolute Gasteiger partial charge is 0.243 e. The molecule has 0 radical (unpaired) electrons. The van der Waals surface area contributed by atoms with E-state index in [9.17, 15) is 4.79 Å². The number of nitrogens with zero attached hydrogens (tertiary/aromatic N) is 3. The van der Waals surface area contributed by atoms with E-state index in [4.69, 9.17) is 4.74 Å². The summed E-state index contributed by atoms with van der Waals surface area (Å²) in [6, 6.07) is 11.2. The molecule has 0 atom stereocenters. The molecule has 1 amide bonds. The van der Waals surface area contributed by atoms with Gasteiger partial charge in [0.15, 0.2) is 5.96 Å². The molecule has 1 aromatic rings. The number of benzene rings is 1. The van der Waals surface area contributed by atoms with Gasteiger partial charge in [0, 0.05) is 52.9 Å². The molecule has 1 heterocycles. The number of likely N-dealkylation sites (tertiary alicyclic amines) is 1. The average molecular weight is 444 g/mol. The number of guanidine groups is 1. The molecule has 2 aliphatic rings. The second kappa shape index (κ2) is 13.4. The van der Waals surface area contributed by atoms with E-state index in [-0.39, 0.29) is 12.5 Å². The molecule has 0 spiro atoms. The molecule has 7 nitrogen and oxygen atoms in total. The van der Waals surface area contributed by atoms with Gasteiger partial charge in [-0.15, -0.1) is 0 Å². The van der Waals surface area contributed by atoms with Gasteiger partial charge >= 0.3 is 0 Å². The zero-order valence-corrected chi connectivity index (χ0v) is 19.9. The lowest BCUT2D eigenvalue weighted by Gasteiger charge is -2.32. The fourth-order valence-electron chi connectivity index (χ4n) is 4.31. The molecule has 2 N–H and O–H groups in total. The molecule has 0 aromatic heterocycles. The predicted octanol–water partition coefficient (Wildman–Crippen LogP) is 2.62. The maximum absolute atomic E-state index is 11.9. The first kappa shape index (κ1) is 24.5. The number of rotatable bonds is 10. The van der Waals surface area contributed by atoms with E-state index >= 15 is 0 Å². The van der Waals surface area contributed by atoms with Crippen molar-refractivity contribution in [2.75, 3.05) is 46.9 Å². The zero-order chi connectivity index (χ0) is 22.6. The highest BCUT2D eigenvalue weighted by atomic mass is 16.5. The Morgan fingerprint density at radius 2 is 1.84 bits per heavy atom. The Morgan fingerprint density at radius 3 is 2.53 bits per heavy atom. The Bertz CT molecular complexity index is 696. The normalized spacial score (nSPS) is 18.6. The van der Waals surface area contributed by atoms with E-state index in [1.165, 1.54) is 31.2 Å². The summed E-state index contributed by atoms with van der Waals surface area (Å²) in [4.78, 5) is 20.5. The molecule has 2 fully saturated rings. The van der Waals surface area contributed by atoms with Crippen molar-refractivity contribution >= 4 is 11.9 Å². The monoisotopic (exact) mass is 443 g/mol. The lowest BCUT2D eigenvalue weighted by atomic mass is 10.1. The third kappa shape index (κ3) is 8.79. The molecule has 7 heteroatoms. The van der Waals surface area contributed by atoms with Crippen LogP contribution in [-0.2, 0) is 16.1 Å². The van der Waals surface area contributed by atoms with E-state index < -0.39 is 0 Å². The summed E-state index contributed by atoms with van der Waals surface area (Å²) in [5.74, 6) is 0.765. The molecule has 1 aliphatic heterocycles. The maximum Gasteiger partial charge on any atom is 0.243 e. The lowest BCUT2D eigenvalue weighted by Crippen LogP contribution is -2.43. The second-order valence-electron chi connectivity index (χ2n) is 9.19. The van der Waals surface area contributed by atoms with Crippen molar-refractivity contribution in [3.63, 3.8) is 0 Å². The first-order valence-electron chi connectivity index (χ1n) is 12.2. The van der Waals surface area contributed by atoms with Gasteiger partial charge in [-0.1, -0.05) is 43.2 Å². The molecule has 1 saturated carbocycles. The quantitative estimate of drug-likeness (QED) is 0.331. The lowest BCUT2D eigenvalue weighted by molar-refractivity contribution is -0.127. The van der Waals surface area contributed by atoms with Crippen LogP contribution in [0.25, 0.3) is 0 Å². The Balaban J connectivity index is 1.31. The molecule has 3 rings (SSSR count). The van der Waals surface area contributed by atoms with Gasteiger partial charge in [0.25, 0.3) is 0 Å². The number of hydrogen-bond donors (Lipinski definition) is 2. The SMILES string of the molecule is CN(C)C(=O)CN=C(NCCCOC1CCN(Cc2ccccc2)CC1)NC1CCCC1. The molecule has 178 valence electrons. The number of likely N-dealkylation sites (N-methyl/N-ethyl adjacent to an activating group) is 1. The number of aliphatic imine (C=N–C) groups is 1. The summed E-state index contributed by atoms with van der Waals surface area (Å²) in [5, 5.41) is 6.89. The van der Waals surface area contributed by atoms with Crippen LogP contribution in [0, 0.1) is 0 Å². The predicted molar refractivity (Wildman–Crippen MR) is 130 cm³/mol. The summed E-state index contributed by atoms with van der Waals surface area (Å²) in [7, 11) is 3.53. The maximum atomic E-state index is 11.9. The van der Waals surface area contributed by atoms with Crippen LogP contribution in [-0.4, -0.2) is 80.7 Å². The molecule has 1 aliphatic carbocycles. The van der Waals surface area contributed by atoms with Gasteiger partial charge < -0.3 is 20.3 Å². The van der Waals surface area contributed by atoms with E-state index in [0.717, 1.165) is 58.0 Å². The summed E-state index contributed by atoms with van der Waals surface area (Å²) in [6.07, 6.45) is 8.37. The summed E-state index contributed by atoms with van der Waals surface area (Å²) >= 11 is 0. The number of amides is 1. The number of nitrogens with one attached hydrogen (secondary N) is 2. The van der Waals surface area contributed by atoms with Gasteiger partial charge in [-0.2, -0.15) is 0 Å². The molecule has 1 saturated heterocycles.